The van der Waals surface area contributed by atoms with Crippen molar-refractivity contribution >= 4 is 17.3 Å². The molecule has 0 fully saturated rings. The van der Waals surface area contributed by atoms with Gasteiger partial charge in [0.05, 0.1) is 13.7 Å². The molecule has 0 saturated carbocycles. The predicted octanol–water partition coefficient (Wildman–Crippen LogP) is 0.777. The second-order valence-electron chi connectivity index (χ2n) is 3.64. The number of nitrogens with zero attached hydrogens (tertiary/aromatic N) is 1. The van der Waals surface area contributed by atoms with E-state index in [0.717, 1.165) is 5.69 Å². The summed E-state index contributed by atoms with van der Waals surface area (Å²) in [6, 6.07) is 5.27. The standard InChI is InChI=1S/C11H17N3O2/c1-14(2)11(15)7-13-9-4-8(12)5-10(6-9)16-3/h4-6,13H,7,12H2,1-3H3. The Kier molecular flexibility index (Phi) is 3.99. The van der Waals surface area contributed by atoms with Crippen molar-refractivity contribution in [2.45, 2.75) is 0 Å². The van der Waals surface area contributed by atoms with E-state index in [4.69, 9.17) is 10.5 Å². The number of hydrogen-bond acceptors (Lipinski definition) is 4. The highest BCUT2D eigenvalue weighted by Crippen LogP contribution is 2.21. The van der Waals surface area contributed by atoms with E-state index in [1.165, 1.54) is 4.90 Å². The van der Waals surface area contributed by atoms with Gasteiger partial charge in [0.15, 0.2) is 0 Å². The Morgan fingerprint density at radius 3 is 2.69 bits per heavy atom. The molecule has 0 aliphatic rings. The Balaban J connectivity index is 2.67. The van der Waals surface area contributed by atoms with Crippen LogP contribution in [0.4, 0.5) is 11.4 Å². The monoisotopic (exact) mass is 223 g/mol. The average molecular weight is 223 g/mol. The molecule has 3 N–H and O–H groups in total. The van der Waals surface area contributed by atoms with Crippen molar-refractivity contribution in [1.29, 1.82) is 0 Å². The van der Waals surface area contributed by atoms with Gasteiger partial charge in [0.2, 0.25) is 5.91 Å². The number of nitrogen functional groups attached to an aromatic ring is 1. The maximum atomic E-state index is 11.4. The van der Waals surface area contributed by atoms with Crippen LogP contribution in [0.3, 0.4) is 0 Å². The molecule has 0 aliphatic carbocycles. The number of hydrogen-bond donors (Lipinski definition) is 2. The lowest BCUT2D eigenvalue weighted by Gasteiger charge is -2.12. The van der Waals surface area contributed by atoms with Crippen LogP contribution in [0.5, 0.6) is 5.75 Å². The van der Waals surface area contributed by atoms with Gasteiger partial charge in [0, 0.05) is 37.6 Å². The highest BCUT2D eigenvalue weighted by atomic mass is 16.5. The van der Waals surface area contributed by atoms with Gasteiger partial charge in [-0.2, -0.15) is 0 Å². The lowest BCUT2D eigenvalue weighted by molar-refractivity contribution is -0.126. The zero-order chi connectivity index (χ0) is 12.1. The molecule has 1 aromatic carbocycles. The molecule has 1 aromatic rings. The molecular weight excluding hydrogens is 206 g/mol. The third-order valence-electron chi connectivity index (χ3n) is 2.11. The molecule has 1 rings (SSSR count). The first kappa shape index (κ1) is 12.2. The molecule has 5 heteroatoms. The highest BCUT2D eigenvalue weighted by molar-refractivity contribution is 5.80. The number of nitrogens with two attached hydrogens (primary N) is 1. The van der Waals surface area contributed by atoms with E-state index >= 15 is 0 Å². The lowest BCUT2D eigenvalue weighted by Crippen LogP contribution is -2.28. The largest absolute Gasteiger partial charge is 0.497 e. The van der Waals surface area contributed by atoms with E-state index < -0.39 is 0 Å². The van der Waals surface area contributed by atoms with Gasteiger partial charge < -0.3 is 20.7 Å². The minimum atomic E-state index is 0.00129. The van der Waals surface area contributed by atoms with E-state index in [0.29, 0.717) is 11.4 Å². The molecular formula is C11H17N3O2. The van der Waals surface area contributed by atoms with Gasteiger partial charge >= 0.3 is 0 Å². The fourth-order valence-electron chi connectivity index (χ4n) is 1.18. The van der Waals surface area contributed by atoms with E-state index in [2.05, 4.69) is 5.32 Å². The summed E-state index contributed by atoms with van der Waals surface area (Å²) in [7, 11) is 5.00. The van der Waals surface area contributed by atoms with Crippen molar-refractivity contribution in [3.05, 3.63) is 18.2 Å². The minimum absolute atomic E-state index is 0.00129. The van der Waals surface area contributed by atoms with Gasteiger partial charge in [0.1, 0.15) is 5.75 Å². The van der Waals surface area contributed by atoms with Crippen LogP contribution in [0, 0.1) is 0 Å². The number of ether oxygens (including phenoxy) is 1. The van der Waals surface area contributed by atoms with Crippen molar-refractivity contribution in [2.75, 3.05) is 38.8 Å². The van der Waals surface area contributed by atoms with Gasteiger partial charge in [0.25, 0.3) is 0 Å². The molecule has 88 valence electrons. The van der Waals surface area contributed by atoms with Crippen molar-refractivity contribution in [3.63, 3.8) is 0 Å². The van der Waals surface area contributed by atoms with E-state index in [1.54, 1.807) is 39.4 Å². The number of anilines is 2. The van der Waals surface area contributed by atoms with Crippen LogP contribution >= 0.6 is 0 Å². The molecule has 1 amide bonds. The Morgan fingerprint density at radius 2 is 2.12 bits per heavy atom. The number of methoxy groups -OCH3 is 1. The summed E-state index contributed by atoms with van der Waals surface area (Å²) in [6.45, 7) is 0.236. The topological polar surface area (TPSA) is 67.6 Å². The maximum Gasteiger partial charge on any atom is 0.241 e. The second-order valence-corrected chi connectivity index (χ2v) is 3.64. The molecule has 0 aliphatic heterocycles. The number of rotatable bonds is 4. The van der Waals surface area contributed by atoms with Gasteiger partial charge in [-0.15, -0.1) is 0 Å². The molecule has 0 unspecified atom stereocenters. The first-order valence-electron chi connectivity index (χ1n) is 4.91. The van der Waals surface area contributed by atoms with E-state index in [9.17, 15) is 4.79 Å². The highest BCUT2D eigenvalue weighted by Gasteiger charge is 2.04. The van der Waals surface area contributed by atoms with Crippen molar-refractivity contribution in [2.24, 2.45) is 0 Å². The molecule has 5 nitrogen and oxygen atoms in total. The van der Waals surface area contributed by atoms with Crippen molar-refractivity contribution < 1.29 is 9.53 Å². The summed E-state index contributed by atoms with van der Waals surface area (Å²) in [5, 5.41) is 2.99. The SMILES string of the molecule is COc1cc(N)cc(NCC(=O)N(C)C)c1. The van der Waals surface area contributed by atoms with Crippen LogP contribution in [0.15, 0.2) is 18.2 Å². The van der Waals surface area contributed by atoms with Crippen LogP contribution in [-0.2, 0) is 4.79 Å². The first-order valence-corrected chi connectivity index (χ1v) is 4.91. The smallest absolute Gasteiger partial charge is 0.241 e. The van der Waals surface area contributed by atoms with Gasteiger partial charge in [-0.05, 0) is 6.07 Å². The van der Waals surface area contributed by atoms with E-state index in [1.807, 2.05) is 0 Å². The van der Waals surface area contributed by atoms with Crippen molar-refractivity contribution in [1.82, 2.24) is 4.90 Å². The number of benzene rings is 1. The summed E-state index contributed by atoms with van der Waals surface area (Å²) in [5.41, 5.74) is 7.05. The molecule has 0 heterocycles. The number of carbonyl (C=O) groups excluding carboxylic acids is 1. The minimum Gasteiger partial charge on any atom is -0.497 e. The first-order chi connectivity index (χ1) is 7.52. The number of nitrogens with one attached hydrogen (secondary N) is 1. The third kappa shape index (κ3) is 3.34. The number of amides is 1. The number of likely N-dealkylation sites (N-methyl/N-ethyl adjacent to an activating group) is 1. The molecule has 0 saturated heterocycles. The Morgan fingerprint density at radius 1 is 1.44 bits per heavy atom. The second kappa shape index (κ2) is 5.25. The molecule has 0 atom stereocenters. The predicted molar refractivity (Wildman–Crippen MR) is 64.6 cm³/mol. The maximum absolute atomic E-state index is 11.4. The van der Waals surface area contributed by atoms with E-state index in [-0.39, 0.29) is 12.5 Å². The molecule has 0 aromatic heterocycles. The normalized spacial score (nSPS) is 9.69. The summed E-state index contributed by atoms with van der Waals surface area (Å²) in [5.74, 6) is 0.668. The summed E-state index contributed by atoms with van der Waals surface area (Å²) < 4.78 is 5.07. The van der Waals surface area contributed by atoms with Gasteiger partial charge in [-0.3, -0.25) is 4.79 Å². The van der Waals surface area contributed by atoms with Crippen molar-refractivity contribution in [3.8, 4) is 5.75 Å². The average Bonchev–Trinajstić information content (AvgIpc) is 2.24. The molecule has 16 heavy (non-hydrogen) atoms. The van der Waals surface area contributed by atoms with Crippen LogP contribution in [0.25, 0.3) is 0 Å². The van der Waals surface area contributed by atoms with Gasteiger partial charge in [-0.25, -0.2) is 0 Å². The molecule has 0 bridgehead atoms. The molecule has 0 spiro atoms. The van der Waals surface area contributed by atoms with Crippen LogP contribution in [-0.4, -0.2) is 38.6 Å². The Bertz CT molecular complexity index is 377. The van der Waals surface area contributed by atoms with Gasteiger partial charge in [-0.1, -0.05) is 0 Å². The number of carbonyl (C=O) groups is 1. The fraction of sp³-hybridized carbons (Fsp3) is 0.364. The summed E-state index contributed by atoms with van der Waals surface area (Å²) >= 11 is 0. The Labute approximate surface area is 95.2 Å². The zero-order valence-corrected chi connectivity index (χ0v) is 9.78. The summed E-state index contributed by atoms with van der Waals surface area (Å²) in [6.07, 6.45) is 0. The van der Waals surface area contributed by atoms with Crippen LogP contribution in [0.1, 0.15) is 0 Å². The van der Waals surface area contributed by atoms with Crippen LogP contribution in [0.2, 0.25) is 0 Å². The van der Waals surface area contributed by atoms with Crippen LogP contribution < -0.4 is 15.8 Å². The lowest BCUT2D eigenvalue weighted by atomic mass is 10.2. The fourth-order valence-corrected chi connectivity index (χ4v) is 1.18. The third-order valence-corrected chi connectivity index (χ3v) is 2.11. The summed E-state index contributed by atoms with van der Waals surface area (Å²) in [4.78, 5) is 12.9. The quantitative estimate of drug-likeness (QED) is 0.740. The zero-order valence-electron chi connectivity index (χ0n) is 9.78. The Hall–Kier alpha value is -1.91. The molecule has 0 radical (unpaired) electrons.